The number of halogens is 1. The van der Waals surface area contributed by atoms with Crippen molar-refractivity contribution in [1.29, 1.82) is 5.26 Å². The topological polar surface area (TPSA) is 78.3 Å². The summed E-state index contributed by atoms with van der Waals surface area (Å²) in [4.78, 5) is 18.2. The summed E-state index contributed by atoms with van der Waals surface area (Å²) in [6.07, 6.45) is 2.20. The monoisotopic (exact) mass is 453 g/mol. The van der Waals surface area contributed by atoms with E-state index in [2.05, 4.69) is 10.3 Å². The van der Waals surface area contributed by atoms with Crippen LogP contribution in [-0.4, -0.2) is 42.8 Å². The summed E-state index contributed by atoms with van der Waals surface area (Å²) in [5, 5.41) is 12.9. The van der Waals surface area contributed by atoms with Gasteiger partial charge < -0.3 is 15.0 Å². The highest BCUT2D eigenvalue weighted by Crippen LogP contribution is 2.34. The molecule has 6 nitrogen and oxygen atoms in total. The molecule has 0 bridgehead atoms. The molecule has 0 saturated carbocycles. The standard InChI is InChI=1S/C26H27FN4O2/c1-5-33-25-14-24-22(13-18(25)12-21(32)7-6-10-31(3)4)26(19(15-28)16-29-24)30-20-8-9-23(27)17(2)11-20/h6-9,11,13-14,16H,5,10,12H2,1-4H3,(H,29,30)/b7-6+/i3D3,7D,8D,9D,11D. The van der Waals surface area contributed by atoms with Gasteiger partial charge in [0.1, 0.15) is 17.6 Å². The van der Waals surface area contributed by atoms with Crippen molar-refractivity contribution in [2.24, 2.45) is 0 Å². The first kappa shape index (κ1) is 15.9. The summed E-state index contributed by atoms with van der Waals surface area (Å²) in [5.41, 5.74) is 0.575. The van der Waals surface area contributed by atoms with E-state index in [-0.39, 0.29) is 54.2 Å². The smallest absolute Gasteiger partial charge is 0.159 e. The number of hydrogen-bond acceptors (Lipinski definition) is 6. The molecule has 1 aromatic heterocycles. The number of aromatic nitrogens is 1. The van der Waals surface area contributed by atoms with Gasteiger partial charge >= 0.3 is 0 Å². The van der Waals surface area contributed by atoms with Crippen molar-refractivity contribution in [3.8, 4) is 11.8 Å². The first-order chi connectivity index (χ1) is 18.7. The number of rotatable bonds is 9. The van der Waals surface area contributed by atoms with Gasteiger partial charge in [0.15, 0.2) is 5.78 Å². The number of carbonyl (C=O) groups excluding carboxylic acids is 1. The SMILES string of the molecule is [2H]/C(=C\CN(C)C([2H])([2H])[2H])C(=O)Cc1cc2c(Nc3c([2H])c([2H])c(F)c(C)c3[2H])c(C#N)cnc2cc1OCC. The predicted molar refractivity (Wildman–Crippen MR) is 128 cm³/mol. The molecule has 1 N–H and O–H groups in total. The van der Waals surface area contributed by atoms with Crippen LogP contribution in [0.2, 0.25) is 0 Å². The zero-order valence-corrected chi connectivity index (χ0v) is 18.5. The Bertz CT molecular complexity index is 1520. The van der Waals surface area contributed by atoms with Crippen molar-refractivity contribution in [3.05, 3.63) is 71.1 Å². The fourth-order valence-electron chi connectivity index (χ4n) is 3.10. The van der Waals surface area contributed by atoms with Crippen LogP contribution >= 0.6 is 0 Å². The molecule has 3 aromatic rings. The molecule has 1 heterocycles. The lowest BCUT2D eigenvalue weighted by Gasteiger charge is -2.15. The molecule has 3 rings (SSSR count). The number of ether oxygens (including phenoxy) is 1. The van der Waals surface area contributed by atoms with Crippen molar-refractivity contribution < 1.29 is 23.5 Å². The number of likely N-dealkylation sites (N-methyl/N-ethyl adjacent to an activating group) is 1. The number of allylic oxidation sites excluding steroid dienone is 1. The van der Waals surface area contributed by atoms with Crippen LogP contribution in [-0.2, 0) is 11.2 Å². The molecule has 0 saturated heterocycles. The summed E-state index contributed by atoms with van der Waals surface area (Å²) in [6.45, 7) is 0.802. The Morgan fingerprint density at radius 2 is 2.30 bits per heavy atom. The third kappa shape index (κ3) is 5.93. The molecule has 2 aromatic carbocycles. The van der Waals surface area contributed by atoms with E-state index in [1.54, 1.807) is 19.1 Å². The quantitative estimate of drug-likeness (QED) is 0.463. The van der Waals surface area contributed by atoms with Gasteiger partial charge in [0.25, 0.3) is 0 Å². The molecule has 0 radical (unpaired) electrons. The molecule has 0 fully saturated rings. The minimum atomic E-state index is -2.38. The third-order valence-corrected chi connectivity index (χ3v) is 4.64. The maximum Gasteiger partial charge on any atom is 0.159 e. The van der Waals surface area contributed by atoms with Gasteiger partial charge in [0.05, 0.1) is 28.9 Å². The maximum absolute atomic E-state index is 14.3. The van der Waals surface area contributed by atoms with Gasteiger partial charge in [-0.25, -0.2) is 4.39 Å². The van der Waals surface area contributed by atoms with E-state index in [4.69, 9.17) is 14.3 Å². The van der Waals surface area contributed by atoms with Gasteiger partial charge in [0, 0.05) is 46.0 Å². The molecule has 0 aliphatic heterocycles. The first-order valence-electron chi connectivity index (χ1n) is 13.6. The largest absolute Gasteiger partial charge is 0.494 e. The molecule has 7 heteroatoms. The number of nitriles is 1. The van der Waals surface area contributed by atoms with Crippen LogP contribution in [0.4, 0.5) is 15.8 Å². The van der Waals surface area contributed by atoms with Crippen molar-refractivity contribution in [3.63, 3.8) is 0 Å². The molecule has 0 aliphatic carbocycles. The van der Waals surface area contributed by atoms with Crippen molar-refractivity contribution in [2.45, 2.75) is 20.3 Å². The zero-order valence-electron chi connectivity index (χ0n) is 25.5. The second kappa shape index (κ2) is 10.7. The molecule has 0 spiro atoms. The number of fused-ring (bicyclic) bond motifs is 1. The lowest BCUT2D eigenvalue weighted by molar-refractivity contribution is -0.114. The number of anilines is 2. The fraction of sp³-hybridized carbons (Fsp3) is 0.269. The van der Waals surface area contributed by atoms with Gasteiger partial charge in [-0.2, -0.15) is 5.26 Å². The maximum atomic E-state index is 14.3. The van der Waals surface area contributed by atoms with Crippen LogP contribution in [0.5, 0.6) is 5.75 Å². The predicted octanol–water partition coefficient (Wildman–Crippen LogP) is 4.93. The first-order valence-corrected chi connectivity index (χ1v) is 10.1. The van der Waals surface area contributed by atoms with E-state index in [9.17, 15) is 14.4 Å². The van der Waals surface area contributed by atoms with E-state index in [0.717, 1.165) is 4.90 Å². The lowest BCUT2D eigenvalue weighted by Crippen LogP contribution is -2.11. The van der Waals surface area contributed by atoms with E-state index in [1.165, 1.54) is 26.2 Å². The van der Waals surface area contributed by atoms with Gasteiger partial charge in [0.2, 0.25) is 0 Å². The number of nitrogens with one attached hydrogen (secondary N) is 1. The van der Waals surface area contributed by atoms with Crippen molar-refractivity contribution >= 4 is 28.1 Å². The van der Waals surface area contributed by atoms with Crippen LogP contribution in [0.3, 0.4) is 0 Å². The van der Waals surface area contributed by atoms with Crippen LogP contribution in [0.25, 0.3) is 10.9 Å². The van der Waals surface area contributed by atoms with Crippen LogP contribution < -0.4 is 10.1 Å². The summed E-state index contributed by atoms with van der Waals surface area (Å²) >= 11 is 0. The van der Waals surface area contributed by atoms with E-state index in [0.29, 0.717) is 22.2 Å². The summed E-state index contributed by atoms with van der Waals surface area (Å²) in [5.74, 6) is -1.27. The van der Waals surface area contributed by atoms with Crippen LogP contribution in [0, 0.1) is 24.1 Å². The average Bonchev–Trinajstić information content (AvgIpc) is 2.91. The van der Waals surface area contributed by atoms with Crippen LogP contribution in [0.1, 0.15) is 33.2 Å². The number of carbonyl (C=O) groups is 1. The second-order valence-corrected chi connectivity index (χ2v) is 7.21. The number of hydrogen-bond donors (Lipinski definition) is 1. The van der Waals surface area contributed by atoms with Crippen molar-refractivity contribution in [2.75, 3.05) is 32.5 Å². The molecular weight excluding hydrogens is 419 g/mol. The third-order valence-electron chi connectivity index (χ3n) is 4.64. The number of nitrogens with zero attached hydrogens (tertiary/aromatic N) is 3. The molecule has 170 valence electrons. The van der Waals surface area contributed by atoms with E-state index in [1.807, 2.05) is 6.07 Å². The minimum Gasteiger partial charge on any atom is -0.494 e. The molecule has 33 heavy (non-hydrogen) atoms. The summed E-state index contributed by atoms with van der Waals surface area (Å²) in [6, 6.07) is 3.09. The molecular formula is C26H27FN4O2. The minimum absolute atomic E-state index is 0.0371. The molecule has 0 amide bonds. The highest BCUT2D eigenvalue weighted by molar-refractivity contribution is 5.98. The molecule has 0 aliphatic rings. The Morgan fingerprint density at radius 1 is 1.48 bits per heavy atom. The van der Waals surface area contributed by atoms with Gasteiger partial charge in [-0.3, -0.25) is 9.78 Å². The highest BCUT2D eigenvalue weighted by atomic mass is 19.1. The zero-order chi connectivity index (χ0) is 29.9. The summed E-state index contributed by atoms with van der Waals surface area (Å²) < 4.78 is 74.7. The lowest BCUT2D eigenvalue weighted by atomic mass is 10.0. The Labute approximate surface area is 203 Å². The number of pyridine rings is 1. The van der Waals surface area contributed by atoms with Gasteiger partial charge in [-0.15, -0.1) is 0 Å². The Balaban J connectivity index is 2.12. The number of benzene rings is 2. The fourth-order valence-corrected chi connectivity index (χ4v) is 3.10. The van der Waals surface area contributed by atoms with Gasteiger partial charge in [-0.05, 0) is 63.7 Å². The second-order valence-electron chi connectivity index (χ2n) is 7.21. The Morgan fingerprint density at radius 3 is 3.03 bits per heavy atom. The average molecular weight is 454 g/mol. The Hall–Kier alpha value is -3.76. The van der Waals surface area contributed by atoms with E-state index >= 15 is 0 Å². The van der Waals surface area contributed by atoms with E-state index < -0.39 is 30.7 Å². The normalized spacial score (nSPS) is 14.9. The van der Waals surface area contributed by atoms with Crippen molar-refractivity contribution in [1.82, 2.24) is 9.88 Å². The molecule has 0 unspecified atom stereocenters. The summed E-state index contributed by atoms with van der Waals surface area (Å²) in [7, 11) is 1.35. The van der Waals surface area contributed by atoms with Crippen LogP contribution in [0.15, 0.2) is 48.6 Å². The Kier molecular flexibility index (Phi) is 5.17. The van der Waals surface area contributed by atoms with Gasteiger partial charge in [-0.1, -0.05) is 6.08 Å². The molecule has 0 atom stereocenters. The number of ketones is 1. The highest BCUT2D eigenvalue weighted by Gasteiger charge is 2.16.